The summed E-state index contributed by atoms with van der Waals surface area (Å²) in [7, 11) is 0. The molecule has 1 unspecified atom stereocenters. The lowest BCUT2D eigenvalue weighted by Crippen LogP contribution is -2.35. The number of benzene rings is 1. The number of anilines is 5. The summed E-state index contributed by atoms with van der Waals surface area (Å²) in [5, 5.41) is 9.89. The first-order valence-corrected chi connectivity index (χ1v) is 11.9. The van der Waals surface area contributed by atoms with Crippen molar-refractivity contribution in [3.05, 3.63) is 24.0 Å². The van der Waals surface area contributed by atoms with E-state index in [0.717, 1.165) is 26.2 Å². The van der Waals surface area contributed by atoms with Gasteiger partial charge in [0.1, 0.15) is 5.82 Å². The summed E-state index contributed by atoms with van der Waals surface area (Å²) in [6, 6.07) is 5.07. The summed E-state index contributed by atoms with van der Waals surface area (Å²) in [5.74, 6) is 1.60. The van der Waals surface area contributed by atoms with E-state index < -0.39 is 5.82 Å². The van der Waals surface area contributed by atoms with E-state index in [1.807, 2.05) is 0 Å². The van der Waals surface area contributed by atoms with E-state index in [0.29, 0.717) is 35.5 Å². The summed E-state index contributed by atoms with van der Waals surface area (Å²) >= 11 is 0. The van der Waals surface area contributed by atoms with Crippen LogP contribution in [0.5, 0.6) is 0 Å². The molecule has 1 aromatic heterocycles. The van der Waals surface area contributed by atoms with E-state index >= 15 is 0 Å². The van der Waals surface area contributed by atoms with Crippen LogP contribution in [0.15, 0.2) is 18.2 Å². The molecule has 2 fully saturated rings. The number of aromatic nitrogens is 3. The van der Waals surface area contributed by atoms with Gasteiger partial charge < -0.3 is 21.7 Å². The van der Waals surface area contributed by atoms with Crippen LogP contribution >= 0.6 is 0 Å². The fourth-order valence-electron chi connectivity index (χ4n) is 4.70. The van der Waals surface area contributed by atoms with E-state index in [2.05, 4.69) is 42.7 Å². The first-order valence-electron chi connectivity index (χ1n) is 11.9. The molecule has 8 nitrogen and oxygen atoms in total. The van der Waals surface area contributed by atoms with Crippen LogP contribution in [0.1, 0.15) is 51.9 Å². The normalized spacial score (nSPS) is 19.8. The molecule has 2 heterocycles. The van der Waals surface area contributed by atoms with Crippen molar-refractivity contribution in [2.75, 3.05) is 47.9 Å². The van der Waals surface area contributed by atoms with Crippen LogP contribution in [0.4, 0.5) is 33.6 Å². The number of nitrogen functional groups attached to an aromatic ring is 1. The number of nitrogens with zero attached hydrogens (tertiary/aromatic N) is 4. The SMILES string of the molecule is CCN1CCCC1CNc1nc(NCC2CCCCC2)nc(Nc2ccc(N)c(F)c2)n1. The average Bonchev–Trinajstić information content (AvgIpc) is 3.27. The lowest BCUT2D eigenvalue weighted by molar-refractivity contribution is 0.277. The zero-order valence-electron chi connectivity index (χ0n) is 18.9. The van der Waals surface area contributed by atoms with Gasteiger partial charge in [-0.1, -0.05) is 26.2 Å². The third kappa shape index (κ3) is 5.97. The number of nitrogens with one attached hydrogen (secondary N) is 3. The molecule has 1 aliphatic heterocycles. The quantitative estimate of drug-likeness (QED) is 0.428. The van der Waals surface area contributed by atoms with Gasteiger partial charge in [-0.15, -0.1) is 0 Å². The summed E-state index contributed by atoms with van der Waals surface area (Å²) in [5.41, 5.74) is 6.25. The van der Waals surface area contributed by atoms with Crippen LogP contribution in [-0.2, 0) is 0 Å². The summed E-state index contributed by atoms with van der Waals surface area (Å²) in [6.07, 6.45) is 8.80. The molecule has 1 saturated heterocycles. The molecule has 1 atom stereocenters. The van der Waals surface area contributed by atoms with Crippen molar-refractivity contribution in [1.82, 2.24) is 19.9 Å². The van der Waals surface area contributed by atoms with Crippen LogP contribution in [0, 0.1) is 11.7 Å². The van der Waals surface area contributed by atoms with Gasteiger partial charge in [0.15, 0.2) is 0 Å². The predicted molar refractivity (Wildman–Crippen MR) is 128 cm³/mol. The summed E-state index contributed by atoms with van der Waals surface area (Å²) in [4.78, 5) is 16.1. The molecule has 5 N–H and O–H groups in total. The Morgan fingerprint density at radius 3 is 2.41 bits per heavy atom. The Morgan fingerprint density at radius 1 is 0.969 bits per heavy atom. The molecular formula is C23H35FN8. The number of rotatable bonds is 9. The lowest BCUT2D eigenvalue weighted by Gasteiger charge is -2.23. The maximum atomic E-state index is 13.9. The number of halogens is 1. The molecular weight excluding hydrogens is 407 g/mol. The minimum absolute atomic E-state index is 0.112. The first-order chi connectivity index (χ1) is 15.6. The highest BCUT2D eigenvalue weighted by atomic mass is 19.1. The molecule has 0 radical (unpaired) electrons. The van der Waals surface area contributed by atoms with E-state index in [-0.39, 0.29) is 5.69 Å². The van der Waals surface area contributed by atoms with Crippen LogP contribution in [0.3, 0.4) is 0 Å². The van der Waals surface area contributed by atoms with Gasteiger partial charge >= 0.3 is 0 Å². The number of likely N-dealkylation sites (tertiary alicyclic amines) is 1. The Labute approximate surface area is 189 Å². The van der Waals surface area contributed by atoms with Gasteiger partial charge in [-0.05, 0) is 62.9 Å². The van der Waals surface area contributed by atoms with Crippen molar-refractivity contribution < 1.29 is 4.39 Å². The molecule has 32 heavy (non-hydrogen) atoms. The van der Waals surface area contributed by atoms with Gasteiger partial charge in [0.2, 0.25) is 17.8 Å². The zero-order valence-corrected chi connectivity index (χ0v) is 18.9. The van der Waals surface area contributed by atoms with Crippen molar-refractivity contribution in [3.8, 4) is 0 Å². The average molecular weight is 443 g/mol. The Balaban J connectivity index is 1.47. The van der Waals surface area contributed by atoms with Crippen molar-refractivity contribution >= 4 is 29.2 Å². The Kier molecular flexibility index (Phi) is 7.57. The molecule has 1 aromatic carbocycles. The van der Waals surface area contributed by atoms with Gasteiger partial charge in [0, 0.05) is 24.8 Å². The standard InChI is InChI=1S/C23H35FN8/c1-2-32-12-6-9-18(32)15-27-22-29-21(26-14-16-7-4-3-5-8-16)30-23(31-22)28-17-10-11-20(25)19(24)13-17/h10-11,13,16,18H,2-9,12,14-15,25H2,1H3,(H3,26,27,28,29,30,31). The fourth-order valence-corrected chi connectivity index (χ4v) is 4.70. The first kappa shape index (κ1) is 22.5. The highest BCUT2D eigenvalue weighted by Crippen LogP contribution is 2.25. The minimum Gasteiger partial charge on any atom is -0.396 e. The molecule has 0 amide bonds. The lowest BCUT2D eigenvalue weighted by atomic mass is 9.89. The molecule has 1 saturated carbocycles. The maximum absolute atomic E-state index is 13.9. The summed E-state index contributed by atoms with van der Waals surface area (Å²) < 4.78 is 13.9. The van der Waals surface area contributed by atoms with Gasteiger partial charge in [-0.25, -0.2) is 4.39 Å². The molecule has 2 aromatic rings. The Bertz CT molecular complexity index is 886. The number of likely N-dealkylation sites (N-methyl/N-ethyl adjacent to an activating group) is 1. The largest absolute Gasteiger partial charge is 0.396 e. The van der Waals surface area contributed by atoms with Gasteiger partial charge in [-0.2, -0.15) is 15.0 Å². The Morgan fingerprint density at radius 2 is 1.69 bits per heavy atom. The number of hydrogen-bond donors (Lipinski definition) is 4. The molecule has 0 bridgehead atoms. The van der Waals surface area contributed by atoms with Gasteiger partial charge in [-0.3, -0.25) is 4.90 Å². The second-order valence-electron chi connectivity index (χ2n) is 8.86. The molecule has 9 heteroatoms. The number of nitrogens with two attached hydrogens (primary N) is 1. The molecule has 4 rings (SSSR count). The smallest absolute Gasteiger partial charge is 0.233 e. The van der Waals surface area contributed by atoms with E-state index in [9.17, 15) is 4.39 Å². The predicted octanol–water partition coefficient (Wildman–Crippen LogP) is 4.22. The van der Waals surface area contributed by atoms with E-state index in [1.165, 1.54) is 57.1 Å². The second-order valence-corrected chi connectivity index (χ2v) is 8.86. The Hall–Kier alpha value is -2.68. The second kappa shape index (κ2) is 10.8. The monoisotopic (exact) mass is 442 g/mol. The van der Waals surface area contributed by atoms with Crippen LogP contribution in [0.2, 0.25) is 0 Å². The topological polar surface area (TPSA) is 104 Å². The van der Waals surface area contributed by atoms with Crippen LogP contribution in [-0.4, -0.2) is 52.1 Å². The highest BCUT2D eigenvalue weighted by molar-refractivity contribution is 5.59. The molecule has 174 valence electrons. The van der Waals surface area contributed by atoms with E-state index in [4.69, 9.17) is 5.73 Å². The van der Waals surface area contributed by atoms with Crippen molar-refractivity contribution in [2.24, 2.45) is 5.92 Å². The van der Waals surface area contributed by atoms with Crippen molar-refractivity contribution in [1.29, 1.82) is 0 Å². The van der Waals surface area contributed by atoms with Crippen molar-refractivity contribution in [3.63, 3.8) is 0 Å². The maximum Gasteiger partial charge on any atom is 0.233 e. The van der Waals surface area contributed by atoms with Crippen molar-refractivity contribution in [2.45, 2.75) is 57.9 Å². The van der Waals surface area contributed by atoms with Gasteiger partial charge in [0.05, 0.1) is 5.69 Å². The summed E-state index contributed by atoms with van der Waals surface area (Å²) in [6.45, 7) is 6.03. The fraction of sp³-hybridized carbons (Fsp3) is 0.609. The van der Waals surface area contributed by atoms with Crippen LogP contribution < -0.4 is 21.7 Å². The molecule has 1 aliphatic carbocycles. The highest BCUT2D eigenvalue weighted by Gasteiger charge is 2.23. The van der Waals surface area contributed by atoms with Crippen LogP contribution in [0.25, 0.3) is 0 Å². The molecule has 0 spiro atoms. The minimum atomic E-state index is -0.473. The third-order valence-corrected chi connectivity index (χ3v) is 6.57. The van der Waals surface area contributed by atoms with Gasteiger partial charge in [0.25, 0.3) is 0 Å². The number of hydrogen-bond acceptors (Lipinski definition) is 8. The molecule has 2 aliphatic rings. The third-order valence-electron chi connectivity index (χ3n) is 6.57. The zero-order chi connectivity index (χ0) is 22.3. The van der Waals surface area contributed by atoms with E-state index in [1.54, 1.807) is 6.07 Å².